The molecular weight excluding hydrogens is 680 g/mol. The number of esters is 1. The summed E-state index contributed by atoms with van der Waals surface area (Å²) in [7, 11) is 6.41. The second-order valence-corrected chi connectivity index (χ2v) is 14.6. The third kappa shape index (κ3) is 9.12. The number of nitrogens with zero attached hydrogens (tertiary/aromatic N) is 2. The third-order valence-electron chi connectivity index (χ3n) is 10.3. The molecule has 0 aliphatic carbocycles. The van der Waals surface area contributed by atoms with Gasteiger partial charge in [-0.25, -0.2) is 9.59 Å². The number of carbonyl (C=O) groups excluding carboxylic acids is 4. The van der Waals surface area contributed by atoms with E-state index in [2.05, 4.69) is 10.6 Å². The lowest BCUT2D eigenvalue weighted by Crippen LogP contribution is -2.63. The number of methoxy groups -OCH3 is 1. The number of aliphatic hydroxyl groups is 1. The molecular formula is C37H53ClN4O9. The predicted octanol–water partition coefficient (Wildman–Crippen LogP) is 3.81. The molecule has 3 amide bonds. The molecule has 0 aromatic heterocycles. The van der Waals surface area contributed by atoms with Gasteiger partial charge in [0.2, 0.25) is 11.8 Å². The fourth-order valence-electron chi connectivity index (χ4n) is 6.85. The monoisotopic (exact) mass is 732 g/mol. The number of rotatable bonds is 8. The van der Waals surface area contributed by atoms with E-state index in [1.807, 2.05) is 39.0 Å². The number of halogens is 1. The van der Waals surface area contributed by atoms with Crippen molar-refractivity contribution in [3.63, 3.8) is 0 Å². The number of alkyl carbamates (subject to hydrolysis) is 1. The Bertz CT molecular complexity index is 1550. The fourth-order valence-corrected chi connectivity index (χ4v) is 7.08. The van der Waals surface area contributed by atoms with E-state index in [0.29, 0.717) is 30.1 Å². The van der Waals surface area contributed by atoms with Gasteiger partial charge >= 0.3 is 12.1 Å². The van der Waals surface area contributed by atoms with Gasteiger partial charge in [-0.15, -0.1) is 0 Å². The Morgan fingerprint density at radius 2 is 1.98 bits per heavy atom. The summed E-state index contributed by atoms with van der Waals surface area (Å²) in [6, 6.07) is 2.87. The number of likely N-dealkylation sites (N-methyl/N-ethyl adjacent to an activating group) is 1. The van der Waals surface area contributed by atoms with Crippen LogP contribution in [0.4, 0.5) is 10.5 Å². The maximum atomic E-state index is 14.1. The lowest BCUT2D eigenvalue weighted by molar-refractivity contribution is -0.162. The number of amides is 3. The largest absolute Gasteiger partial charge is 0.457 e. The van der Waals surface area contributed by atoms with Gasteiger partial charge in [0.15, 0.2) is 5.72 Å². The van der Waals surface area contributed by atoms with Crippen LogP contribution >= 0.6 is 11.6 Å². The summed E-state index contributed by atoms with van der Waals surface area (Å²) in [5.41, 5.74) is 0.201. The molecule has 2 saturated heterocycles. The minimum atomic E-state index is -1.80. The minimum absolute atomic E-state index is 0.0331. The van der Waals surface area contributed by atoms with E-state index in [-0.39, 0.29) is 31.1 Å². The summed E-state index contributed by atoms with van der Waals surface area (Å²) in [6.45, 7) is 9.60. The maximum absolute atomic E-state index is 14.1. The summed E-state index contributed by atoms with van der Waals surface area (Å²) >= 11 is 6.76. The van der Waals surface area contributed by atoms with E-state index in [9.17, 15) is 24.3 Å². The molecule has 1 aromatic rings. The van der Waals surface area contributed by atoms with Gasteiger partial charge in [0.1, 0.15) is 30.0 Å². The van der Waals surface area contributed by atoms with Crippen LogP contribution in [0.15, 0.2) is 35.9 Å². The number of carbonyl (C=O) groups is 4. The number of fused-ring (bicyclic) bond motifs is 5. The van der Waals surface area contributed by atoms with Crippen molar-refractivity contribution in [2.45, 2.75) is 109 Å². The van der Waals surface area contributed by atoms with Crippen molar-refractivity contribution >= 4 is 41.2 Å². The van der Waals surface area contributed by atoms with E-state index in [0.717, 1.165) is 16.7 Å². The number of hydrogen-bond donors (Lipinski definition) is 3. The molecule has 13 nitrogen and oxygen atoms in total. The van der Waals surface area contributed by atoms with E-state index in [1.54, 1.807) is 47.1 Å². The highest BCUT2D eigenvalue weighted by Crippen LogP contribution is 2.49. The number of aryl methyl sites for hydroxylation is 1. The van der Waals surface area contributed by atoms with Crippen molar-refractivity contribution in [2.24, 2.45) is 5.92 Å². The Kier molecular flexibility index (Phi) is 13.0. The first kappa shape index (κ1) is 40.3. The zero-order valence-electron chi connectivity index (χ0n) is 31.1. The molecule has 4 bridgehead atoms. The number of hydrogen-bond acceptors (Lipinski definition) is 10. The summed E-state index contributed by atoms with van der Waals surface area (Å²) in [4.78, 5) is 56.2. The van der Waals surface area contributed by atoms with Crippen LogP contribution < -0.4 is 15.5 Å². The lowest BCUT2D eigenvalue weighted by atomic mass is 9.83. The van der Waals surface area contributed by atoms with Gasteiger partial charge in [0.25, 0.3) is 0 Å². The van der Waals surface area contributed by atoms with Crippen molar-refractivity contribution in [3.8, 4) is 0 Å². The van der Waals surface area contributed by atoms with Crippen LogP contribution in [0, 0.1) is 12.8 Å². The van der Waals surface area contributed by atoms with Gasteiger partial charge in [-0.05, 0) is 71.3 Å². The molecule has 0 saturated carbocycles. The van der Waals surface area contributed by atoms with Gasteiger partial charge < -0.3 is 39.2 Å². The van der Waals surface area contributed by atoms with Gasteiger partial charge in [0, 0.05) is 40.0 Å². The molecule has 4 rings (SSSR count). The second kappa shape index (κ2) is 16.5. The highest BCUT2D eigenvalue weighted by atomic mass is 35.5. The second-order valence-electron chi connectivity index (χ2n) is 14.2. The summed E-state index contributed by atoms with van der Waals surface area (Å²) in [5.74, 6) is -1.80. The van der Waals surface area contributed by atoms with Crippen molar-refractivity contribution in [1.29, 1.82) is 0 Å². The molecule has 0 spiro atoms. The minimum Gasteiger partial charge on any atom is -0.457 e. The van der Waals surface area contributed by atoms with E-state index >= 15 is 0 Å². The van der Waals surface area contributed by atoms with E-state index in [1.165, 1.54) is 16.9 Å². The first-order valence-electron chi connectivity index (χ1n) is 17.4. The Hall–Kier alpha value is -3.49. The Morgan fingerprint density at radius 3 is 2.65 bits per heavy atom. The Labute approximate surface area is 305 Å². The van der Waals surface area contributed by atoms with Crippen LogP contribution in [0.5, 0.6) is 0 Å². The topological polar surface area (TPSA) is 159 Å². The van der Waals surface area contributed by atoms with Crippen LogP contribution in [0.2, 0.25) is 5.02 Å². The van der Waals surface area contributed by atoms with Crippen LogP contribution in [0.3, 0.4) is 0 Å². The summed E-state index contributed by atoms with van der Waals surface area (Å²) in [5, 5.41) is 17.6. The lowest BCUT2D eigenvalue weighted by Gasteiger charge is -2.42. The SMILES string of the molecule is CNCCCC(=O)N(C)[C@@H](C)C(=O)O[C@H]1CC(=O)N(C)c2cc(cc(C)c2Cl)C/C(C)=C/C=C/[C@@H](OC)[C@]2(O)C[C@H](OC(=O)N2)[C@@H](C)C2O[C@]21C. The molecule has 8 atom stereocenters. The zero-order valence-corrected chi connectivity index (χ0v) is 31.8. The molecule has 3 N–H and O–H groups in total. The smallest absolute Gasteiger partial charge is 0.409 e. The van der Waals surface area contributed by atoms with Crippen LogP contribution in [-0.2, 0) is 39.8 Å². The third-order valence-corrected chi connectivity index (χ3v) is 10.8. The Balaban J connectivity index is 1.73. The van der Waals surface area contributed by atoms with Crippen LogP contribution in [-0.4, -0.2) is 110 Å². The highest BCUT2D eigenvalue weighted by Gasteiger charge is 2.64. The van der Waals surface area contributed by atoms with Gasteiger partial charge in [0.05, 0.1) is 23.2 Å². The number of anilines is 1. The predicted molar refractivity (Wildman–Crippen MR) is 192 cm³/mol. The van der Waals surface area contributed by atoms with E-state index in [4.69, 9.17) is 30.5 Å². The molecule has 0 radical (unpaired) electrons. The van der Waals surface area contributed by atoms with Gasteiger partial charge in [-0.1, -0.05) is 48.4 Å². The number of allylic oxidation sites excluding steroid dienone is 3. The molecule has 1 unspecified atom stereocenters. The quantitative estimate of drug-likeness (QED) is 0.204. The van der Waals surface area contributed by atoms with Crippen molar-refractivity contribution in [2.75, 3.05) is 39.7 Å². The standard InChI is InChI=1S/C37H53ClN4O9/c1-21-12-10-13-28(48-9)37(47)20-27(49-35(46)40-37)23(3)33-36(5,51-33)29(50-34(45)24(4)41(7)30(43)14-11-15-39-6)19-31(44)42(8)26-18-25(16-21)17-22(2)32(26)38/h10,12-13,17-18,23-24,27-29,33,39,47H,11,14-16,19-20H2,1-9H3,(H,40,46)/b13-10+,21-12+/t23-,24+,27+,28-,29+,33?,36+,37-/m1/s1. The van der Waals surface area contributed by atoms with Crippen molar-refractivity contribution in [1.82, 2.24) is 15.5 Å². The molecule has 3 aliphatic rings. The van der Waals surface area contributed by atoms with Gasteiger partial charge in [-0.2, -0.15) is 0 Å². The molecule has 14 heteroatoms. The van der Waals surface area contributed by atoms with E-state index < -0.39 is 59.8 Å². The molecule has 3 aliphatic heterocycles. The average Bonchev–Trinajstić information content (AvgIpc) is 3.77. The first-order valence-corrected chi connectivity index (χ1v) is 17.8. The molecule has 3 heterocycles. The van der Waals surface area contributed by atoms with Crippen molar-refractivity contribution in [3.05, 3.63) is 52.1 Å². The highest BCUT2D eigenvalue weighted by molar-refractivity contribution is 6.34. The molecule has 2 fully saturated rings. The number of ether oxygens (including phenoxy) is 4. The average molecular weight is 733 g/mol. The summed E-state index contributed by atoms with van der Waals surface area (Å²) in [6.07, 6.45) is 2.14. The number of nitrogens with one attached hydrogen (secondary N) is 2. The normalized spacial score (nSPS) is 32.0. The van der Waals surface area contributed by atoms with Crippen LogP contribution in [0.1, 0.15) is 64.5 Å². The maximum Gasteiger partial charge on any atom is 0.409 e. The molecule has 51 heavy (non-hydrogen) atoms. The van der Waals surface area contributed by atoms with Gasteiger partial charge in [-0.3, -0.25) is 14.9 Å². The number of benzene rings is 1. The molecule has 1 aromatic carbocycles. The summed E-state index contributed by atoms with van der Waals surface area (Å²) < 4.78 is 23.6. The van der Waals surface area contributed by atoms with Crippen molar-refractivity contribution < 1.29 is 43.2 Å². The van der Waals surface area contributed by atoms with Crippen LogP contribution in [0.25, 0.3) is 0 Å². The molecule has 282 valence electrons. The Morgan fingerprint density at radius 1 is 1.27 bits per heavy atom. The first-order chi connectivity index (χ1) is 23.9. The number of epoxide rings is 1. The fraction of sp³-hybridized carbons (Fsp3) is 0.622. The zero-order chi connectivity index (χ0) is 37.8.